The second-order valence-corrected chi connectivity index (χ2v) is 8.25. The summed E-state index contributed by atoms with van der Waals surface area (Å²) in [6.45, 7) is 4.41. The van der Waals surface area contributed by atoms with Crippen LogP contribution in [0.5, 0.6) is 0 Å². The maximum atomic E-state index is 12.7. The molecule has 4 nitrogen and oxygen atoms in total. The van der Waals surface area contributed by atoms with Crippen LogP contribution in [0.1, 0.15) is 13.8 Å². The maximum absolute atomic E-state index is 12.7. The zero-order valence-electron chi connectivity index (χ0n) is 13.7. The Morgan fingerprint density at radius 2 is 1.67 bits per heavy atom. The average Bonchev–Trinajstić information content (AvgIpc) is 2.59. The third-order valence-electron chi connectivity index (χ3n) is 3.55. The first-order valence-corrected chi connectivity index (χ1v) is 9.18. The molecule has 0 heterocycles. The lowest BCUT2D eigenvalue weighted by molar-refractivity contribution is -0.122. The summed E-state index contributed by atoms with van der Waals surface area (Å²) in [5.74, 6) is -0.245. The predicted octanol–water partition coefficient (Wildman–Crippen LogP) is 3.45. The Morgan fingerprint density at radius 3 is 2.29 bits per heavy atom. The molecule has 2 aromatic carbocycles. The molecule has 0 spiro atoms. The van der Waals surface area contributed by atoms with Gasteiger partial charge in [0.05, 0.1) is 10.8 Å². The first-order valence-electron chi connectivity index (χ1n) is 7.66. The van der Waals surface area contributed by atoms with Crippen LogP contribution in [0, 0.1) is 0 Å². The van der Waals surface area contributed by atoms with E-state index in [4.69, 9.17) is 11.6 Å². The van der Waals surface area contributed by atoms with E-state index in [1.54, 1.807) is 38.1 Å². The van der Waals surface area contributed by atoms with Crippen LogP contribution in [0.4, 0.5) is 5.69 Å². The zero-order valence-corrected chi connectivity index (χ0v) is 15.3. The number of benzene rings is 2. The van der Waals surface area contributed by atoms with E-state index in [0.717, 1.165) is 5.69 Å². The molecule has 2 rings (SSSR count). The molecule has 6 heteroatoms. The average molecular weight is 365 g/mol. The van der Waals surface area contributed by atoms with Crippen molar-refractivity contribution in [2.75, 3.05) is 18.4 Å². The summed E-state index contributed by atoms with van der Waals surface area (Å²) in [5, 5.41) is 6.62. The maximum Gasteiger partial charge on any atom is 0.238 e. The molecule has 0 aliphatic rings. The monoisotopic (exact) mass is 364 g/mol. The van der Waals surface area contributed by atoms with Crippen molar-refractivity contribution in [2.45, 2.75) is 23.5 Å². The van der Waals surface area contributed by atoms with Crippen molar-refractivity contribution >= 4 is 34.0 Å². The molecule has 128 valence electrons. The Labute approximate surface area is 150 Å². The minimum atomic E-state index is -1.46. The van der Waals surface area contributed by atoms with Gasteiger partial charge in [0.1, 0.15) is 4.75 Å². The topological polar surface area (TPSA) is 58.2 Å². The molecule has 0 fully saturated rings. The molecule has 2 aromatic rings. The van der Waals surface area contributed by atoms with E-state index >= 15 is 0 Å². The minimum absolute atomic E-state index is 0.245. The van der Waals surface area contributed by atoms with E-state index in [2.05, 4.69) is 10.6 Å². The number of hydrogen-bond acceptors (Lipinski definition) is 3. The molecule has 0 saturated heterocycles. The van der Waals surface area contributed by atoms with Crippen LogP contribution in [0.25, 0.3) is 0 Å². The van der Waals surface area contributed by atoms with E-state index in [1.807, 2.05) is 30.3 Å². The summed E-state index contributed by atoms with van der Waals surface area (Å²) in [4.78, 5) is 13.0. The van der Waals surface area contributed by atoms with Gasteiger partial charge in [-0.15, -0.1) is 0 Å². The highest BCUT2D eigenvalue weighted by Gasteiger charge is 2.35. The standard InChI is InChI=1S/C18H21ClN2O2S/c1-18(2,24(23)16-10-8-14(19)9-11-16)17(22)21-13-12-20-15-6-4-3-5-7-15/h3-11,20H,12-13H2,1-2H3,(H,21,22). The molecule has 1 amide bonds. The van der Waals surface area contributed by atoms with Gasteiger partial charge in [0.25, 0.3) is 0 Å². The smallest absolute Gasteiger partial charge is 0.238 e. The fourth-order valence-corrected chi connectivity index (χ4v) is 3.43. The van der Waals surface area contributed by atoms with Crippen LogP contribution in [0.2, 0.25) is 5.02 Å². The Kier molecular flexibility index (Phi) is 6.40. The van der Waals surface area contributed by atoms with Crippen molar-refractivity contribution in [2.24, 2.45) is 0 Å². The molecule has 0 radical (unpaired) electrons. The number of nitrogens with one attached hydrogen (secondary N) is 2. The van der Waals surface area contributed by atoms with E-state index in [-0.39, 0.29) is 5.91 Å². The van der Waals surface area contributed by atoms with Gasteiger partial charge in [0, 0.05) is 28.7 Å². The van der Waals surface area contributed by atoms with Crippen molar-refractivity contribution in [3.8, 4) is 0 Å². The van der Waals surface area contributed by atoms with Gasteiger partial charge in [-0.25, -0.2) is 0 Å². The van der Waals surface area contributed by atoms with Gasteiger partial charge < -0.3 is 10.6 Å². The summed E-state index contributed by atoms with van der Waals surface area (Å²) >= 11 is 5.84. The number of rotatable bonds is 7. The zero-order chi connectivity index (χ0) is 17.6. The van der Waals surface area contributed by atoms with Crippen molar-refractivity contribution in [1.82, 2.24) is 5.32 Å². The summed E-state index contributed by atoms with van der Waals surface area (Å²) in [6, 6.07) is 16.5. The highest BCUT2D eigenvalue weighted by atomic mass is 35.5. The number of para-hydroxylation sites is 1. The van der Waals surface area contributed by atoms with Gasteiger partial charge >= 0.3 is 0 Å². The van der Waals surface area contributed by atoms with Crippen LogP contribution in [-0.4, -0.2) is 28.0 Å². The van der Waals surface area contributed by atoms with Crippen molar-refractivity contribution in [3.05, 3.63) is 59.6 Å². The largest absolute Gasteiger partial charge is 0.383 e. The summed E-state index contributed by atoms with van der Waals surface area (Å²) in [6.07, 6.45) is 0. The van der Waals surface area contributed by atoms with Gasteiger partial charge in [-0.2, -0.15) is 0 Å². The third kappa shape index (κ3) is 4.82. The van der Waals surface area contributed by atoms with E-state index < -0.39 is 15.5 Å². The first kappa shape index (κ1) is 18.5. The van der Waals surface area contributed by atoms with Gasteiger partial charge in [0.2, 0.25) is 5.91 Å². The molecular weight excluding hydrogens is 344 g/mol. The van der Waals surface area contributed by atoms with Crippen LogP contribution < -0.4 is 10.6 Å². The van der Waals surface area contributed by atoms with Gasteiger partial charge in [-0.3, -0.25) is 9.00 Å². The fourth-order valence-electron chi connectivity index (χ4n) is 2.09. The molecule has 0 aromatic heterocycles. The predicted molar refractivity (Wildman–Crippen MR) is 99.9 cm³/mol. The Bertz CT molecular complexity index is 703. The number of hydrogen-bond donors (Lipinski definition) is 2. The lowest BCUT2D eigenvalue weighted by atomic mass is 10.2. The van der Waals surface area contributed by atoms with E-state index in [1.165, 1.54) is 0 Å². The Hall–Kier alpha value is -1.85. The minimum Gasteiger partial charge on any atom is -0.383 e. The second kappa shape index (κ2) is 8.31. The highest BCUT2D eigenvalue weighted by Crippen LogP contribution is 2.22. The molecule has 24 heavy (non-hydrogen) atoms. The van der Waals surface area contributed by atoms with Crippen molar-refractivity contribution in [3.63, 3.8) is 0 Å². The van der Waals surface area contributed by atoms with Gasteiger partial charge in [0.15, 0.2) is 0 Å². The number of carbonyl (C=O) groups is 1. The van der Waals surface area contributed by atoms with Crippen LogP contribution in [0.3, 0.4) is 0 Å². The summed E-state index contributed by atoms with van der Waals surface area (Å²) < 4.78 is 11.6. The summed E-state index contributed by atoms with van der Waals surface area (Å²) in [7, 11) is -1.46. The Balaban J connectivity index is 1.87. The Morgan fingerprint density at radius 1 is 1.04 bits per heavy atom. The molecule has 0 saturated carbocycles. The van der Waals surface area contributed by atoms with Crippen LogP contribution in [0.15, 0.2) is 59.5 Å². The van der Waals surface area contributed by atoms with E-state index in [9.17, 15) is 9.00 Å². The van der Waals surface area contributed by atoms with Gasteiger partial charge in [-0.05, 0) is 50.2 Å². The summed E-state index contributed by atoms with van der Waals surface area (Å²) in [5.41, 5.74) is 0.996. The van der Waals surface area contributed by atoms with E-state index in [0.29, 0.717) is 23.0 Å². The normalized spacial score (nSPS) is 12.5. The third-order valence-corrected chi connectivity index (χ3v) is 5.62. The number of anilines is 1. The second-order valence-electron chi connectivity index (χ2n) is 5.78. The van der Waals surface area contributed by atoms with Crippen molar-refractivity contribution in [1.29, 1.82) is 0 Å². The fraction of sp³-hybridized carbons (Fsp3) is 0.278. The van der Waals surface area contributed by atoms with Crippen molar-refractivity contribution < 1.29 is 9.00 Å². The number of halogens is 1. The lowest BCUT2D eigenvalue weighted by Crippen LogP contribution is -2.46. The van der Waals surface area contributed by atoms with Crippen LogP contribution in [-0.2, 0) is 15.6 Å². The molecular formula is C18H21ClN2O2S. The van der Waals surface area contributed by atoms with Crippen LogP contribution >= 0.6 is 11.6 Å². The first-order chi connectivity index (χ1) is 11.4. The molecule has 0 aliphatic carbocycles. The van der Waals surface area contributed by atoms with Gasteiger partial charge in [-0.1, -0.05) is 29.8 Å². The SMILES string of the molecule is CC(C)(C(=O)NCCNc1ccccc1)S(=O)c1ccc(Cl)cc1. The highest BCUT2D eigenvalue weighted by molar-refractivity contribution is 7.87. The molecule has 1 unspecified atom stereocenters. The molecule has 0 aliphatic heterocycles. The lowest BCUT2D eigenvalue weighted by Gasteiger charge is -2.23. The number of carbonyl (C=O) groups excluding carboxylic acids is 1. The molecule has 1 atom stereocenters. The number of amides is 1. The quantitative estimate of drug-likeness (QED) is 0.740. The molecule has 2 N–H and O–H groups in total. The molecule has 0 bridgehead atoms.